The van der Waals surface area contributed by atoms with E-state index < -0.39 is 0 Å². The Morgan fingerprint density at radius 1 is 0.448 bits per heavy atom. The number of hydrogen-bond donors (Lipinski definition) is 0. The molecular weight excluding hydrogens is 364 g/mol. The van der Waals surface area contributed by atoms with Gasteiger partial charge in [-0.05, 0) is 13.0 Å². The van der Waals surface area contributed by atoms with Crippen LogP contribution in [-0.2, 0) is 0 Å². The van der Waals surface area contributed by atoms with Crippen LogP contribution >= 0.6 is 0 Å². The van der Waals surface area contributed by atoms with Crippen molar-refractivity contribution in [3.05, 3.63) is 118 Å². The Morgan fingerprint density at radius 3 is 1.14 bits per heavy atom. The highest BCUT2D eigenvalue weighted by Crippen LogP contribution is 2.26. The summed E-state index contributed by atoms with van der Waals surface area (Å²) >= 11 is 0. The zero-order valence-electron chi connectivity index (χ0n) is 15.6. The fraction of sp³-hybridized carbons (Fsp3) is 0.0400. The lowest BCUT2D eigenvalue weighted by Gasteiger charge is -2.16. The number of benzene rings is 3. The molecule has 0 saturated carbocycles. The lowest BCUT2D eigenvalue weighted by atomic mass is 9.84. The third-order valence-electron chi connectivity index (χ3n) is 4.98. The molecule has 0 aliphatic heterocycles. The highest BCUT2D eigenvalue weighted by Gasteiger charge is 2.28. The van der Waals surface area contributed by atoms with Crippen molar-refractivity contribution in [2.45, 2.75) is 6.92 Å². The molecule has 0 saturated heterocycles. The molecule has 3 aromatic carbocycles. The highest BCUT2D eigenvalue weighted by molar-refractivity contribution is 6.28. The molecule has 0 N–H and O–H groups in total. The van der Waals surface area contributed by atoms with Crippen LogP contribution in [0.1, 0.15) is 59.5 Å². The van der Waals surface area contributed by atoms with Gasteiger partial charge in [0.05, 0.1) is 0 Å². The van der Waals surface area contributed by atoms with Gasteiger partial charge in [0, 0.05) is 39.0 Å². The summed E-state index contributed by atoms with van der Waals surface area (Å²) in [6.07, 6.45) is 1.39. The van der Waals surface area contributed by atoms with E-state index in [1.165, 1.54) is 6.08 Å². The minimum atomic E-state index is -0.0762. The molecule has 0 spiro atoms. The Morgan fingerprint density at radius 2 is 0.759 bits per heavy atom. The standard InChI is InChI=1S/C14H8O2.C11H8O2/c15-13-9-5-1-2-6-10(9)14(16)12-8-4-3-7-11(12)13;1-7-6-10(12)8-4-2-3-5-9(8)11(7)13/h1-8H;2-6H,1H3. The molecule has 29 heavy (non-hydrogen) atoms. The predicted octanol–water partition coefficient (Wildman–Crippen LogP) is 4.47. The number of fused-ring (bicyclic) bond motifs is 3. The minimum absolute atomic E-state index is 0.0461. The first-order chi connectivity index (χ1) is 14.0. The van der Waals surface area contributed by atoms with Crippen LogP contribution in [0.2, 0.25) is 0 Å². The number of rotatable bonds is 0. The second-order valence-electron chi connectivity index (χ2n) is 6.82. The molecule has 2 aliphatic rings. The van der Waals surface area contributed by atoms with E-state index in [2.05, 4.69) is 0 Å². The van der Waals surface area contributed by atoms with Crippen LogP contribution < -0.4 is 0 Å². The number of hydrogen-bond acceptors (Lipinski definition) is 4. The van der Waals surface area contributed by atoms with Crippen LogP contribution in [0.4, 0.5) is 0 Å². The maximum absolute atomic E-state index is 12.1. The molecule has 0 unspecified atom stereocenters. The number of allylic oxidation sites excluding steroid dienone is 2. The predicted molar refractivity (Wildman–Crippen MR) is 109 cm³/mol. The van der Waals surface area contributed by atoms with E-state index in [9.17, 15) is 19.2 Å². The van der Waals surface area contributed by atoms with Gasteiger partial charge in [-0.2, -0.15) is 0 Å². The highest BCUT2D eigenvalue weighted by atomic mass is 16.1. The molecule has 4 heteroatoms. The van der Waals surface area contributed by atoms with Gasteiger partial charge in [0.1, 0.15) is 0 Å². The number of carbonyl (C=O) groups excluding carboxylic acids is 4. The Hall–Kier alpha value is -3.92. The van der Waals surface area contributed by atoms with Crippen molar-refractivity contribution >= 4 is 23.1 Å². The van der Waals surface area contributed by atoms with E-state index in [1.54, 1.807) is 79.7 Å². The topological polar surface area (TPSA) is 68.3 Å². The van der Waals surface area contributed by atoms with E-state index in [-0.39, 0.29) is 23.1 Å². The molecule has 0 atom stereocenters. The van der Waals surface area contributed by atoms with Crippen molar-refractivity contribution in [3.63, 3.8) is 0 Å². The molecular formula is C25H16O4. The Bertz CT molecular complexity index is 1130. The third kappa shape index (κ3) is 3.15. The fourth-order valence-corrected chi connectivity index (χ4v) is 3.50. The average Bonchev–Trinajstić information content (AvgIpc) is 2.76. The molecule has 4 nitrogen and oxygen atoms in total. The monoisotopic (exact) mass is 380 g/mol. The van der Waals surface area contributed by atoms with Crippen LogP contribution in [0.25, 0.3) is 0 Å². The van der Waals surface area contributed by atoms with Crippen molar-refractivity contribution in [2.75, 3.05) is 0 Å². The van der Waals surface area contributed by atoms with Gasteiger partial charge in [-0.25, -0.2) is 0 Å². The molecule has 2 aliphatic carbocycles. The lowest BCUT2D eigenvalue weighted by Crippen LogP contribution is -2.20. The zero-order chi connectivity index (χ0) is 20.5. The Balaban J connectivity index is 0.000000145. The summed E-state index contributed by atoms with van der Waals surface area (Å²) in [6, 6.07) is 20.8. The lowest BCUT2D eigenvalue weighted by molar-refractivity contribution is 0.0979. The number of ketones is 4. The number of Topliss-reactive ketones (excluding diaryl/α,β-unsaturated/α-hetero) is 1. The smallest absolute Gasteiger partial charge is 0.194 e. The van der Waals surface area contributed by atoms with E-state index >= 15 is 0 Å². The second-order valence-corrected chi connectivity index (χ2v) is 6.82. The van der Waals surface area contributed by atoms with Crippen LogP contribution in [0.15, 0.2) is 84.4 Å². The van der Waals surface area contributed by atoms with Crippen LogP contribution in [-0.4, -0.2) is 23.1 Å². The van der Waals surface area contributed by atoms with Crippen molar-refractivity contribution in [3.8, 4) is 0 Å². The molecule has 5 rings (SSSR count). The van der Waals surface area contributed by atoms with Gasteiger partial charge in [-0.15, -0.1) is 0 Å². The van der Waals surface area contributed by atoms with E-state index in [4.69, 9.17) is 0 Å². The SMILES string of the molecule is CC1=CC(=O)c2ccccc2C1=O.O=C1c2ccccc2C(=O)c2ccccc21. The first kappa shape index (κ1) is 18.4. The molecule has 0 aromatic heterocycles. The Kier molecular flexibility index (Phi) is 4.61. The van der Waals surface area contributed by atoms with Gasteiger partial charge in [0.2, 0.25) is 0 Å². The molecule has 140 valence electrons. The summed E-state index contributed by atoms with van der Waals surface area (Å²) in [5.41, 5.74) is 3.57. The zero-order valence-corrected chi connectivity index (χ0v) is 15.6. The molecule has 0 bridgehead atoms. The summed E-state index contributed by atoms with van der Waals surface area (Å²) in [4.78, 5) is 47.2. The maximum Gasteiger partial charge on any atom is 0.194 e. The summed E-state index contributed by atoms with van der Waals surface area (Å²) in [7, 11) is 0. The Labute approximate surface area is 167 Å². The van der Waals surface area contributed by atoms with Crippen molar-refractivity contribution in [1.82, 2.24) is 0 Å². The van der Waals surface area contributed by atoms with E-state index in [0.717, 1.165) is 0 Å². The van der Waals surface area contributed by atoms with Gasteiger partial charge in [0.15, 0.2) is 23.1 Å². The van der Waals surface area contributed by atoms with Crippen molar-refractivity contribution in [1.29, 1.82) is 0 Å². The van der Waals surface area contributed by atoms with Crippen LogP contribution in [0.5, 0.6) is 0 Å². The summed E-state index contributed by atoms with van der Waals surface area (Å²) in [5, 5.41) is 0. The van der Waals surface area contributed by atoms with Gasteiger partial charge in [0.25, 0.3) is 0 Å². The molecule has 0 radical (unpaired) electrons. The van der Waals surface area contributed by atoms with Gasteiger partial charge < -0.3 is 0 Å². The minimum Gasteiger partial charge on any atom is -0.289 e. The second kappa shape index (κ2) is 7.24. The summed E-state index contributed by atoms with van der Waals surface area (Å²) in [5.74, 6) is -0.250. The normalized spacial score (nSPS) is 14.2. The van der Waals surface area contributed by atoms with Gasteiger partial charge >= 0.3 is 0 Å². The van der Waals surface area contributed by atoms with E-state index in [1.807, 2.05) is 0 Å². The van der Waals surface area contributed by atoms with Crippen molar-refractivity contribution in [2.24, 2.45) is 0 Å². The fourth-order valence-electron chi connectivity index (χ4n) is 3.50. The summed E-state index contributed by atoms with van der Waals surface area (Å²) in [6.45, 7) is 1.66. The molecule has 0 heterocycles. The molecule has 3 aromatic rings. The average molecular weight is 380 g/mol. The van der Waals surface area contributed by atoms with Gasteiger partial charge in [-0.3, -0.25) is 19.2 Å². The summed E-state index contributed by atoms with van der Waals surface area (Å²) < 4.78 is 0. The van der Waals surface area contributed by atoms with Crippen LogP contribution in [0, 0.1) is 0 Å². The third-order valence-corrected chi connectivity index (χ3v) is 4.98. The van der Waals surface area contributed by atoms with Crippen LogP contribution in [0.3, 0.4) is 0 Å². The molecule has 0 amide bonds. The quantitative estimate of drug-likeness (QED) is 0.451. The first-order valence-corrected chi connectivity index (χ1v) is 9.13. The molecule has 0 fully saturated rings. The first-order valence-electron chi connectivity index (χ1n) is 9.13. The number of carbonyl (C=O) groups is 4. The van der Waals surface area contributed by atoms with E-state index in [0.29, 0.717) is 39.0 Å². The maximum atomic E-state index is 12.1. The van der Waals surface area contributed by atoms with Crippen molar-refractivity contribution < 1.29 is 19.2 Å². The van der Waals surface area contributed by atoms with Gasteiger partial charge in [-0.1, -0.05) is 72.8 Å². The largest absolute Gasteiger partial charge is 0.289 e.